The van der Waals surface area contributed by atoms with Crippen LogP contribution >= 0.6 is 0 Å². The minimum Gasteiger partial charge on any atom is -0.379 e. The van der Waals surface area contributed by atoms with Crippen molar-refractivity contribution < 1.29 is 9.47 Å². The highest BCUT2D eigenvalue weighted by Crippen LogP contribution is 2.36. The van der Waals surface area contributed by atoms with Crippen molar-refractivity contribution in [3.8, 4) is 0 Å². The molecule has 1 saturated carbocycles. The largest absolute Gasteiger partial charge is 0.379 e. The maximum Gasteiger partial charge on any atom is 0.0836 e. The summed E-state index contributed by atoms with van der Waals surface area (Å²) in [6.07, 6.45) is 4.27. The Morgan fingerprint density at radius 3 is 2.29 bits per heavy atom. The number of hydrogen-bond donors (Lipinski definition) is 1. The van der Waals surface area contributed by atoms with Crippen LogP contribution in [0.4, 0.5) is 0 Å². The van der Waals surface area contributed by atoms with Crippen LogP contribution in [0.5, 0.6) is 0 Å². The van der Waals surface area contributed by atoms with Gasteiger partial charge >= 0.3 is 0 Å². The van der Waals surface area contributed by atoms with Crippen LogP contribution in [0.2, 0.25) is 0 Å². The molecule has 4 atom stereocenters. The Bertz CT molecular complexity index is 162. The zero-order valence-corrected chi connectivity index (χ0v) is 9.16. The van der Waals surface area contributed by atoms with Gasteiger partial charge in [0.15, 0.2) is 0 Å². The number of hydrogen-bond acceptors (Lipinski definition) is 3. The van der Waals surface area contributed by atoms with Gasteiger partial charge in [-0.2, -0.15) is 0 Å². The third kappa shape index (κ3) is 1.95. The van der Waals surface area contributed by atoms with E-state index < -0.39 is 0 Å². The van der Waals surface area contributed by atoms with Crippen LogP contribution in [0.25, 0.3) is 0 Å². The molecule has 0 spiro atoms. The van der Waals surface area contributed by atoms with Crippen LogP contribution in [-0.4, -0.2) is 39.5 Å². The Morgan fingerprint density at radius 2 is 1.64 bits per heavy atom. The second-order valence-corrected chi connectivity index (χ2v) is 4.53. The highest BCUT2D eigenvalue weighted by Gasteiger charge is 2.38. The lowest BCUT2D eigenvalue weighted by Gasteiger charge is -2.42. The van der Waals surface area contributed by atoms with Crippen molar-refractivity contribution in [1.82, 2.24) is 5.32 Å². The SMILES string of the molecule is COC1CC2CCNCC2CC1OC. The van der Waals surface area contributed by atoms with Crippen LogP contribution < -0.4 is 5.32 Å². The third-order valence-corrected chi connectivity index (χ3v) is 3.86. The zero-order chi connectivity index (χ0) is 9.97. The van der Waals surface area contributed by atoms with E-state index in [-0.39, 0.29) is 0 Å². The smallest absolute Gasteiger partial charge is 0.0836 e. The summed E-state index contributed by atoms with van der Waals surface area (Å²) in [4.78, 5) is 0. The second-order valence-electron chi connectivity index (χ2n) is 4.53. The monoisotopic (exact) mass is 199 g/mol. The van der Waals surface area contributed by atoms with Gasteiger partial charge in [0.2, 0.25) is 0 Å². The first-order chi connectivity index (χ1) is 6.85. The molecule has 2 rings (SSSR count). The fourth-order valence-corrected chi connectivity index (χ4v) is 2.96. The van der Waals surface area contributed by atoms with E-state index in [9.17, 15) is 0 Å². The van der Waals surface area contributed by atoms with Gasteiger partial charge in [-0.05, 0) is 44.2 Å². The first kappa shape index (κ1) is 10.4. The van der Waals surface area contributed by atoms with Gasteiger partial charge in [-0.1, -0.05) is 0 Å². The summed E-state index contributed by atoms with van der Waals surface area (Å²) in [7, 11) is 3.60. The van der Waals surface area contributed by atoms with Gasteiger partial charge in [-0.3, -0.25) is 0 Å². The van der Waals surface area contributed by atoms with Gasteiger partial charge in [-0.15, -0.1) is 0 Å². The average molecular weight is 199 g/mol. The normalized spacial score (nSPS) is 43.3. The molecule has 0 bridgehead atoms. The Morgan fingerprint density at radius 1 is 1.00 bits per heavy atom. The third-order valence-electron chi connectivity index (χ3n) is 3.86. The molecule has 0 radical (unpaired) electrons. The molecule has 1 N–H and O–H groups in total. The van der Waals surface area contributed by atoms with E-state index in [2.05, 4.69) is 5.32 Å². The van der Waals surface area contributed by atoms with Crippen molar-refractivity contribution in [2.75, 3.05) is 27.3 Å². The van der Waals surface area contributed by atoms with Crippen molar-refractivity contribution in [1.29, 1.82) is 0 Å². The van der Waals surface area contributed by atoms with Crippen molar-refractivity contribution >= 4 is 0 Å². The van der Waals surface area contributed by atoms with Crippen LogP contribution in [0, 0.1) is 11.8 Å². The van der Waals surface area contributed by atoms with E-state index >= 15 is 0 Å². The van der Waals surface area contributed by atoms with Gasteiger partial charge in [0.1, 0.15) is 0 Å². The minimum absolute atomic E-state index is 0.307. The molecule has 0 aromatic heterocycles. The van der Waals surface area contributed by atoms with Crippen LogP contribution in [0.15, 0.2) is 0 Å². The average Bonchev–Trinajstić information content (AvgIpc) is 2.27. The molecule has 1 aliphatic heterocycles. The molecule has 4 unspecified atom stereocenters. The van der Waals surface area contributed by atoms with E-state index in [0.717, 1.165) is 18.3 Å². The van der Waals surface area contributed by atoms with Gasteiger partial charge in [-0.25, -0.2) is 0 Å². The summed E-state index contributed by atoms with van der Waals surface area (Å²) < 4.78 is 11.0. The number of rotatable bonds is 2. The first-order valence-electron chi connectivity index (χ1n) is 5.61. The lowest BCUT2D eigenvalue weighted by Crippen LogP contribution is -2.47. The summed E-state index contributed by atoms with van der Waals surface area (Å²) in [5, 5.41) is 3.47. The highest BCUT2D eigenvalue weighted by molar-refractivity contribution is 4.90. The molecular formula is C11H21NO2. The highest BCUT2D eigenvalue weighted by atomic mass is 16.5. The quantitative estimate of drug-likeness (QED) is 0.720. The zero-order valence-electron chi connectivity index (χ0n) is 9.16. The fourth-order valence-electron chi connectivity index (χ4n) is 2.96. The second kappa shape index (κ2) is 4.60. The molecule has 3 nitrogen and oxygen atoms in total. The predicted octanol–water partition coefficient (Wildman–Crippen LogP) is 1.04. The minimum atomic E-state index is 0.307. The Balaban J connectivity index is 1.98. The number of fused-ring (bicyclic) bond motifs is 1. The number of methoxy groups -OCH3 is 2. The molecule has 3 heteroatoms. The van der Waals surface area contributed by atoms with E-state index in [1.165, 1.54) is 25.9 Å². The molecule has 82 valence electrons. The van der Waals surface area contributed by atoms with Gasteiger partial charge in [0, 0.05) is 14.2 Å². The standard InChI is InChI=1S/C11H21NO2/c1-13-10-5-8-3-4-12-7-9(8)6-11(10)14-2/h8-12H,3-7H2,1-2H3. The van der Waals surface area contributed by atoms with E-state index in [0.29, 0.717) is 12.2 Å². The summed E-state index contributed by atoms with van der Waals surface area (Å²) in [5.41, 5.74) is 0. The topological polar surface area (TPSA) is 30.5 Å². The molecule has 1 saturated heterocycles. The molecule has 0 aromatic rings. The summed E-state index contributed by atoms with van der Waals surface area (Å²) in [5.74, 6) is 1.66. The summed E-state index contributed by atoms with van der Waals surface area (Å²) in [6.45, 7) is 2.34. The van der Waals surface area contributed by atoms with Crippen molar-refractivity contribution in [3.63, 3.8) is 0 Å². The molecule has 0 aromatic carbocycles. The molecule has 1 aliphatic carbocycles. The number of ether oxygens (including phenoxy) is 2. The maximum absolute atomic E-state index is 5.50. The molecule has 14 heavy (non-hydrogen) atoms. The Kier molecular flexibility index (Phi) is 3.42. The maximum atomic E-state index is 5.50. The van der Waals surface area contributed by atoms with Crippen LogP contribution in [0.3, 0.4) is 0 Å². The van der Waals surface area contributed by atoms with Crippen LogP contribution in [-0.2, 0) is 9.47 Å². The summed E-state index contributed by atoms with van der Waals surface area (Å²) >= 11 is 0. The van der Waals surface area contributed by atoms with E-state index in [1.54, 1.807) is 14.2 Å². The van der Waals surface area contributed by atoms with Crippen molar-refractivity contribution in [2.45, 2.75) is 31.5 Å². The van der Waals surface area contributed by atoms with E-state index in [1.807, 2.05) is 0 Å². The van der Waals surface area contributed by atoms with Gasteiger partial charge < -0.3 is 14.8 Å². The molecular weight excluding hydrogens is 178 g/mol. The first-order valence-corrected chi connectivity index (χ1v) is 5.61. The molecule has 0 amide bonds. The molecule has 2 aliphatic rings. The lowest BCUT2D eigenvalue weighted by molar-refractivity contribution is -0.0910. The number of piperidine rings is 1. The van der Waals surface area contributed by atoms with Crippen molar-refractivity contribution in [3.05, 3.63) is 0 Å². The molecule has 2 fully saturated rings. The molecule has 1 heterocycles. The fraction of sp³-hybridized carbons (Fsp3) is 1.00. The van der Waals surface area contributed by atoms with Crippen LogP contribution in [0.1, 0.15) is 19.3 Å². The lowest BCUT2D eigenvalue weighted by atomic mass is 9.73. The number of nitrogens with one attached hydrogen (secondary N) is 1. The Labute approximate surface area is 86.2 Å². The van der Waals surface area contributed by atoms with Crippen molar-refractivity contribution in [2.24, 2.45) is 11.8 Å². The summed E-state index contributed by atoms with van der Waals surface area (Å²) in [6, 6.07) is 0. The predicted molar refractivity (Wildman–Crippen MR) is 55.3 cm³/mol. The van der Waals surface area contributed by atoms with E-state index in [4.69, 9.17) is 9.47 Å². The van der Waals surface area contributed by atoms with Gasteiger partial charge in [0.05, 0.1) is 12.2 Å². The Hall–Kier alpha value is -0.120. The van der Waals surface area contributed by atoms with Gasteiger partial charge in [0.25, 0.3) is 0 Å².